The summed E-state index contributed by atoms with van der Waals surface area (Å²) >= 11 is 13.2. The van der Waals surface area contributed by atoms with Gasteiger partial charge in [0, 0.05) is 11.3 Å². The zero-order chi connectivity index (χ0) is 23.9. The first kappa shape index (κ1) is 23.8. The van der Waals surface area contributed by atoms with E-state index in [2.05, 4.69) is 20.7 Å². The highest BCUT2D eigenvalue weighted by atomic mass is 35.5. The highest BCUT2D eigenvalue weighted by Gasteiger charge is 2.17. The minimum absolute atomic E-state index is 0.0990. The van der Waals surface area contributed by atoms with Crippen LogP contribution in [0.25, 0.3) is 17.1 Å². The minimum Gasteiger partial charge on any atom is -0.497 e. The molecule has 0 spiro atoms. The number of amides is 1. The molecule has 10 heteroatoms. The molecule has 4 aromatic rings. The van der Waals surface area contributed by atoms with Crippen LogP contribution in [0, 0.1) is 0 Å². The Labute approximate surface area is 210 Å². The van der Waals surface area contributed by atoms with Gasteiger partial charge in [0.25, 0.3) is 5.91 Å². The first-order chi connectivity index (χ1) is 16.5. The molecule has 0 fully saturated rings. The summed E-state index contributed by atoms with van der Waals surface area (Å²) < 4.78 is 7.17. The van der Waals surface area contributed by atoms with Gasteiger partial charge in [-0.15, -0.1) is 10.2 Å². The van der Waals surface area contributed by atoms with Crippen molar-refractivity contribution in [3.8, 4) is 22.8 Å². The molecule has 0 aliphatic rings. The van der Waals surface area contributed by atoms with Crippen molar-refractivity contribution >= 4 is 47.1 Å². The lowest BCUT2D eigenvalue weighted by atomic mass is 10.2. The fourth-order valence-electron chi connectivity index (χ4n) is 3.04. The van der Waals surface area contributed by atoms with E-state index >= 15 is 0 Å². The van der Waals surface area contributed by atoms with Crippen LogP contribution in [0.3, 0.4) is 0 Å². The number of carbonyl (C=O) groups is 1. The quantitative estimate of drug-likeness (QED) is 0.192. The first-order valence-electron chi connectivity index (χ1n) is 10.1. The molecular formula is C24H19Cl2N5O2S. The van der Waals surface area contributed by atoms with Gasteiger partial charge in [0.1, 0.15) is 5.75 Å². The van der Waals surface area contributed by atoms with E-state index in [1.54, 1.807) is 25.3 Å². The van der Waals surface area contributed by atoms with Gasteiger partial charge in [-0.05, 0) is 42.0 Å². The van der Waals surface area contributed by atoms with E-state index in [-0.39, 0.29) is 11.7 Å². The number of ether oxygens (including phenoxy) is 1. The average Bonchev–Trinajstić information content (AvgIpc) is 3.29. The van der Waals surface area contributed by atoms with Crippen LogP contribution in [0.4, 0.5) is 0 Å². The molecular weight excluding hydrogens is 493 g/mol. The Bertz CT molecular complexity index is 1310. The third-order valence-corrected chi connectivity index (χ3v) is 6.34. The van der Waals surface area contributed by atoms with Gasteiger partial charge in [-0.2, -0.15) is 5.10 Å². The monoisotopic (exact) mass is 511 g/mol. The van der Waals surface area contributed by atoms with E-state index in [0.717, 1.165) is 17.0 Å². The van der Waals surface area contributed by atoms with Crippen LogP contribution in [0.15, 0.2) is 83.1 Å². The first-order valence-corrected chi connectivity index (χ1v) is 11.8. The second kappa shape index (κ2) is 11.2. The van der Waals surface area contributed by atoms with Gasteiger partial charge < -0.3 is 4.74 Å². The molecule has 0 aliphatic carbocycles. The summed E-state index contributed by atoms with van der Waals surface area (Å²) in [6.45, 7) is 0. The van der Waals surface area contributed by atoms with Crippen LogP contribution in [0.1, 0.15) is 5.56 Å². The molecule has 1 heterocycles. The molecule has 0 radical (unpaired) electrons. The molecule has 0 aliphatic heterocycles. The third kappa shape index (κ3) is 5.77. The zero-order valence-electron chi connectivity index (χ0n) is 18.0. The second-order valence-corrected chi connectivity index (χ2v) is 8.72. The van der Waals surface area contributed by atoms with Crippen LogP contribution in [0.5, 0.6) is 5.75 Å². The summed E-state index contributed by atoms with van der Waals surface area (Å²) in [6, 6.07) is 22.4. The Morgan fingerprint density at radius 3 is 2.53 bits per heavy atom. The molecule has 1 amide bonds. The van der Waals surface area contributed by atoms with Crippen molar-refractivity contribution in [2.24, 2.45) is 5.10 Å². The molecule has 0 saturated carbocycles. The standard InChI is InChI=1S/C24H19Cl2N5O2S/c1-33-19-10-8-18(9-11-19)31-23(17-5-3-2-4-6-17)29-30-24(31)34-15-22(32)28-27-14-16-7-12-20(25)21(26)13-16/h2-14H,15H2,1H3,(H,28,32). The van der Waals surface area contributed by atoms with Crippen molar-refractivity contribution in [2.75, 3.05) is 12.9 Å². The summed E-state index contributed by atoms with van der Waals surface area (Å²) in [6.07, 6.45) is 1.50. The van der Waals surface area contributed by atoms with Crippen molar-refractivity contribution in [1.29, 1.82) is 0 Å². The van der Waals surface area contributed by atoms with Crippen molar-refractivity contribution in [3.63, 3.8) is 0 Å². The molecule has 172 valence electrons. The second-order valence-electron chi connectivity index (χ2n) is 6.96. The number of methoxy groups -OCH3 is 1. The number of hydrazone groups is 1. The Hall–Kier alpha value is -3.33. The van der Waals surface area contributed by atoms with E-state index < -0.39 is 0 Å². The molecule has 0 bridgehead atoms. The van der Waals surface area contributed by atoms with E-state index in [1.807, 2.05) is 59.2 Å². The van der Waals surface area contributed by atoms with Gasteiger partial charge in [0.15, 0.2) is 11.0 Å². The van der Waals surface area contributed by atoms with Crippen molar-refractivity contribution in [3.05, 3.63) is 88.4 Å². The molecule has 3 aromatic carbocycles. The number of nitrogens with one attached hydrogen (secondary N) is 1. The fourth-order valence-corrected chi connectivity index (χ4v) is 4.09. The van der Waals surface area contributed by atoms with Gasteiger partial charge in [0.05, 0.1) is 29.1 Å². The summed E-state index contributed by atoms with van der Waals surface area (Å²) in [7, 11) is 1.62. The normalized spacial score (nSPS) is 11.0. The predicted octanol–water partition coefficient (Wildman–Crippen LogP) is 5.49. The maximum absolute atomic E-state index is 12.4. The summed E-state index contributed by atoms with van der Waals surface area (Å²) in [5, 5.41) is 14.1. The van der Waals surface area contributed by atoms with Gasteiger partial charge >= 0.3 is 0 Å². The molecule has 1 N–H and O–H groups in total. The van der Waals surface area contributed by atoms with Gasteiger partial charge in [0.2, 0.25) is 0 Å². The highest BCUT2D eigenvalue weighted by molar-refractivity contribution is 7.99. The SMILES string of the molecule is COc1ccc(-n2c(SCC(=O)NN=Cc3ccc(Cl)c(Cl)c3)nnc2-c2ccccc2)cc1. The number of nitrogens with zero attached hydrogens (tertiary/aromatic N) is 4. The number of hydrogen-bond acceptors (Lipinski definition) is 6. The van der Waals surface area contributed by atoms with E-state index in [9.17, 15) is 4.79 Å². The molecule has 7 nitrogen and oxygen atoms in total. The largest absolute Gasteiger partial charge is 0.497 e. The Kier molecular flexibility index (Phi) is 7.84. The van der Waals surface area contributed by atoms with Gasteiger partial charge in [-0.25, -0.2) is 5.43 Å². The number of halogens is 2. The Morgan fingerprint density at radius 2 is 1.82 bits per heavy atom. The van der Waals surface area contributed by atoms with E-state index in [1.165, 1.54) is 18.0 Å². The lowest BCUT2D eigenvalue weighted by Crippen LogP contribution is -2.20. The average molecular weight is 512 g/mol. The van der Waals surface area contributed by atoms with Crippen LogP contribution in [0.2, 0.25) is 10.0 Å². The number of aromatic nitrogens is 3. The van der Waals surface area contributed by atoms with Crippen LogP contribution >= 0.6 is 35.0 Å². The number of carbonyl (C=O) groups excluding carboxylic acids is 1. The number of rotatable bonds is 8. The highest BCUT2D eigenvalue weighted by Crippen LogP contribution is 2.28. The Balaban J connectivity index is 1.49. The topological polar surface area (TPSA) is 81.4 Å². The molecule has 4 rings (SSSR count). The lowest BCUT2D eigenvalue weighted by Gasteiger charge is -2.11. The van der Waals surface area contributed by atoms with E-state index in [4.69, 9.17) is 27.9 Å². The van der Waals surface area contributed by atoms with Crippen LogP contribution < -0.4 is 10.2 Å². The predicted molar refractivity (Wildman–Crippen MR) is 136 cm³/mol. The van der Waals surface area contributed by atoms with Gasteiger partial charge in [-0.3, -0.25) is 9.36 Å². The van der Waals surface area contributed by atoms with Gasteiger partial charge in [-0.1, -0.05) is 71.4 Å². The van der Waals surface area contributed by atoms with E-state index in [0.29, 0.717) is 26.6 Å². The lowest BCUT2D eigenvalue weighted by molar-refractivity contribution is -0.118. The van der Waals surface area contributed by atoms with Crippen molar-refractivity contribution < 1.29 is 9.53 Å². The van der Waals surface area contributed by atoms with Crippen LogP contribution in [-0.4, -0.2) is 39.7 Å². The molecule has 0 saturated heterocycles. The third-order valence-electron chi connectivity index (χ3n) is 4.67. The maximum atomic E-state index is 12.4. The summed E-state index contributed by atoms with van der Waals surface area (Å²) in [4.78, 5) is 12.4. The fraction of sp³-hybridized carbons (Fsp3) is 0.0833. The number of hydrogen-bond donors (Lipinski definition) is 1. The summed E-state index contributed by atoms with van der Waals surface area (Å²) in [5.41, 5.74) is 4.99. The summed E-state index contributed by atoms with van der Waals surface area (Å²) in [5.74, 6) is 1.23. The zero-order valence-corrected chi connectivity index (χ0v) is 20.3. The molecule has 0 atom stereocenters. The number of benzene rings is 3. The van der Waals surface area contributed by atoms with Crippen LogP contribution in [-0.2, 0) is 4.79 Å². The van der Waals surface area contributed by atoms with Crippen molar-refractivity contribution in [2.45, 2.75) is 5.16 Å². The smallest absolute Gasteiger partial charge is 0.250 e. The number of thioether (sulfide) groups is 1. The molecule has 0 unspecified atom stereocenters. The minimum atomic E-state index is -0.285. The molecule has 1 aromatic heterocycles. The molecule has 34 heavy (non-hydrogen) atoms. The van der Waals surface area contributed by atoms with Crippen molar-refractivity contribution in [1.82, 2.24) is 20.2 Å². The Morgan fingerprint density at radius 1 is 1.06 bits per heavy atom. The maximum Gasteiger partial charge on any atom is 0.250 e.